The number of hydrogen-bond acceptors (Lipinski definition) is 4. The number of pyridine rings is 1. The number of carbonyl (C=O) groups excluding carboxylic acids is 1. The summed E-state index contributed by atoms with van der Waals surface area (Å²) in [5, 5.41) is 3.35. The SMILES string of the molecule is CC1(C)CC(CC(=O)Nc2nc3ccc(Cl)nc3n2C2=CC=C2)CCO1. The zero-order valence-electron chi connectivity index (χ0n) is 14.8. The fourth-order valence-corrected chi connectivity index (χ4v) is 3.71. The van der Waals surface area contributed by atoms with Gasteiger partial charge in [0.1, 0.15) is 10.7 Å². The molecule has 0 aromatic carbocycles. The van der Waals surface area contributed by atoms with Gasteiger partial charge in [0, 0.05) is 13.0 Å². The first-order valence-electron chi connectivity index (χ1n) is 8.79. The van der Waals surface area contributed by atoms with E-state index in [1.54, 1.807) is 12.1 Å². The van der Waals surface area contributed by atoms with Crippen LogP contribution in [0.15, 0.2) is 30.4 Å². The normalized spacial score (nSPS) is 21.3. The van der Waals surface area contributed by atoms with Crippen LogP contribution in [0.4, 0.5) is 5.95 Å². The predicted octanol–water partition coefficient (Wildman–Crippen LogP) is 4.03. The van der Waals surface area contributed by atoms with Gasteiger partial charge in [-0.2, -0.15) is 0 Å². The van der Waals surface area contributed by atoms with Crippen LogP contribution in [0.5, 0.6) is 0 Å². The summed E-state index contributed by atoms with van der Waals surface area (Å²) in [6.07, 6.45) is 8.06. The zero-order valence-corrected chi connectivity index (χ0v) is 15.6. The zero-order chi connectivity index (χ0) is 18.3. The lowest BCUT2D eigenvalue weighted by Crippen LogP contribution is -2.35. The third kappa shape index (κ3) is 3.39. The van der Waals surface area contributed by atoms with E-state index in [2.05, 4.69) is 29.1 Å². The van der Waals surface area contributed by atoms with Crippen molar-refractivity contribution >= 4 is 40.3 Å². The molecule has 26 heavy (non-hydrogen) atoms. The van der Waals surface area contributed by atoms with Crippen LogP contribution in [0.1, 0.15) is 33.1 Å². The number of rotatable bonds is 4. The molecule has 0 saturated carbocycles. The smallest absolute Gasteiger partial charge is 0.226 e. The number of nitrogens with one attached hydrogen (secondary N) is 1. The number of nitrogens with zero attached hydrogens (tertiary/aromatic N) is 3. The summed E-state index contributed by atoms with van der Waals surface area (Å²) < 4.78 is 7.56. The Kier molecular flexibility index (Phi) is 4.32. The molecule has 1 aliphatic heterocycles. The second-order valence-corrected chi connectivity index (χ2v) is 7.80. The third-order valence-electron chi connectivity index (χ3n) is 4.79. The van der Waals surface area contributed by atoms with E-state index in [9.17, 15) is 4.79 Å². The molecule has 1 saturated heterocycles. The van der Waals surface area contributed by atoms with Crippen molar-refractivity contribution in [2.45, 2.75) is 38.7 Å². The fraction of sp³-hybridized carbons (Fsp3) is 0.421. The lowest BCUT2D eigenvalue weighted by atomic mass is 9.86. The average molecular weight is 373 g/mol. The van der Waals surface area contributed by atoms with Crippen LogP contribution in [-0.2, 0) is 9.53 Å². The van der Waals surface area contributed by atoms with E-state index in [1.807, 2.05) is 22.8 Å². The highest BCUT2D eigenvalue weighted by atomic mass is 35.5. The van der Waals surface area contributed by atoms with Crippen molar-refractivity contribution in [3.63, 3.8) is 0 Å². The van der Waals surface area contributed by atoms with Crippen LogP contribution < -0.4 is 5.32 Å². The molecule has 1 fully saturated rings. The van der Waals surface area contributed by atoms with E-state index in [0.717, 1.165) is 18.5 Å². The lowest BCUT2D eigenvalue weighted by Gasteiger charge is -2.35. The number of hydrogen-bond donors (Lipinski definition) is 1. The molecule has 0 bridgehead atoms. The van der Waals surface area contributed by atoms with E-state index in [0.29, 0.717) is 41.2 Å². The van der Waals surface area contributed by atoms with E-state index in [-0.39, 0.29) is 11.5 Å². The highest BCUT2D eigenvalue weighted by Gasteiger charge is 2.30. The Hall–Kier alpha value is -2.18. The topological polar surface area (TPSA) is 69.0 Å². The molecule has 136 valence electrons. The molecule has 2 aromatic rings. The molecule has 2 aromatic heterocycles. The van der Waals surface area contributed by atoms with E-state index in [4.69, 9.17) is 16.3 Å². The minimum Gasteiger partial charge on any atom is -0.376 e. The van der Waals surface area contributed by atoms with Gasteiger partial charge in [0.25, 0.3) is 0 Å². The van der Waals surface area contributed by atoms with Crippen molar-refractivity contribution in [3.8, 4) is 0 Å². The summed E-state index contributed by atoms with van der Waals surface area (Å²) in [6.45, 7) is 4.84. The van der Waals surface area contributed by atoms with E-state index >= 15 is 0 Å². The summed E-state index contributed by atoms with van der Waals surface area (Å²) in [5.41, 5.74) is 2.08. The van der Waals surface area contributed by atoms with Gasteiger partial charge in [-0.15, -0.1) is 0 Å². The van der Waals surface area contributed by atoms with Gasteiger partial charge in [0.05, 0.1) is 11.3 Å². The average Bonchev–Trinajstić information content (AvgIpc) is 2.82. The molecule has 6 nitrogen and oxygen atoms in total. The standard InChI is InChI=1S/C19H21ClN4O2/c1-19(2)11-12(8-9-26-19)10-16(25)23-18-21-14-6-7-15(20)22-17(14)24(18)13-4-3-5-13/h3-7,12H,8-11H2,1-2H3,(H,21,23,25). The number of amides is 1. The van der Waals surface area contributed by atoms with Gasteiger partial charge < -0.3 is 4.74 Å². The monoisotopic (exact) mass is 372 g/mol. The summed E-state index contributed by atoms with van der Waals surface area (Å²) in [4.78, 5) is 21.5. The Bertz CT molecular complexity index is 929. The molecule has 1 amide bonds. The van der Waals surface area contributed by atoms with Crippen molar-refractivity contribution < 1.29 is 9.53 Å². The number of allylic oxidation sites excluding steroid dienone is 4. The van der Waals surface area contributed by atoms with Gasteiger partial charge in [-0.3, -0.25) is 14.7 Å². The maximum Gasteiger partial charge on any atom is 0.226 e. The first kappa shape index (κ1) is 17.2. The van der Waals surface area contributed by atoms with Gasteiger partial charge in [0.2, 0.25) is 11.9 Å². The second kappa shape index (κ2) is 6.52. The summed E-state index contributed by atoms with van der Waals surface area (Å²) in [7, 11) is 0. The maximum absolute atomic E-state index is 12.6. The van der Waals surface area contributed by atoms with Crippen molar-refractivity contribution in [2.24, 2.45) is 5.92 Å². The highest BCUT2D eigenvalue weighted by Crippen LogP contribution is 2.31. The molecular formula is C19H21ClN4O2. The number of anilines is 1. The van der Waals surface area contributed by atoms with Crippen molar-refractivity contribution in [1.82, 2.24) is 14.5 Å². The van der Waals surface area contributed by atoms with Crippen molar-refractivity contribution in [1.29, 1.82) is 0 Å². The van der Waals surface area contributed by atoms with Gasteiger partial charge >= 0.3 is 0 Å². The van der Waals surface area contributed by atoms with E-state index in [1.165, 1.54) is 0 Å². The molecule has 1 N–H and O–H groups in total. The van der Waals surface area contributed by atoms with Crippen LogP contribution in [0, 0.1) is 5.92 Å². The Morgan fingerprint density at radius 1 is 1.42 bits per heavy atom. The van der Waals surface area contributed by atoms with Crippen LogP contribution >= 0.6 is 11.6 Å². The van der Waals surface area contributed by atoms with Crippen LogP contribution in [0.2, 0.25) is 5.15 Å². The third-order valence-corrected chi connectivity index (χ3v) is 5.00. The first-order valence-corrected chi connectivity index (χ1v) is 9.17. The Balaban J connectivity index is 1.56. The summed E-state index contributed by atoms with van der Waals surface area (Å²) in [6, 6.07) is 3.50. The molecule has 7 heteroatoms. The first-order chi connectivity index (χ1) is 12.4. The van der Waals surface area contributed by atoms with Crippen LogP contribution in [0.25, 0.3) is 16.9 Å². The van der Waals surface area contributed by atoms with Crippen LogP contribution in [0.3, 0.4) is 0 Å². The van der Waals surface area contributed by atoms with E-state index < -0.39 is 0 Å². The Labute approximate surface area is 156 Å². The van der Waals surface area contributed by atoms with Gasteiger partial charge in [-0.1, -0.05) is 17.7 Å². The molecule has 1 atom stereocenters. The minimum absolute atomic E-state index is 0.0424. The summed E-state index contributed by atoms with van der Waals surface area (Å²) >= 11 is 6.04. The quantitative estimate of drug-likeness (QED) is 0.822. The Morgan fingerprint density at radius 2 is 2.23 bits per heavy atom. The molecule has 1 aliphatic carbocycles. The number of aromatic nitrogens is 3. The van der Waals surface area contributed by atoms with Crippen LogP contribution in [-0.4, -0.2) is 32.7 Å². The van der Waals surface area contributed by atoms with Gasteiger partial charge in [-0.25, -0.2) is 9.97 Å². The number of fused-ring (bicyclic) bond motifs is 1. The number of ether oxygens (including phenoxy) is 1. The Morgan fingerprint density at radius 3 is 2.92 bits per heavy atom. The van der Waals surface area contributed by atoms with Gasteiger partial charge in [0.15, 0.2) is 5.65 Å². The molecule has 4 rings (SSSR count). The lowest BCUT2D eigenvalue weighted by molar-refractivity contribution is -0.120. The molecule has 2 aliphatic rings. The molecular weight excluding hydrogens is 352 g/mol. The maximum atomic E-state index is 12.6. The largest absolute Gasteiger partial charge is 0.376 e. The summed E-state index contributed by atoms with van der Waals surface area (Å²) in [5.74, 6) is 0.743. The highest BCUT2D eigenvalue weighted by molar-refractivity contribution is 6.29. The molecule has 0 spiro atoms. The van der Waals surface area contributed by atoms with Crippen molar-refractivity contribution in [2.75, 3.05) is 11.9 Å². The number of carbonyl (C=O) groups is 1. The number of halogens is 1. The molecule has 1 unspecified atom stereocenters. The second-order valence-electron chi connectivity index (χ2n) is 7.42. The molecule has 0 radical (unpaired) electrons. The molecule has 3 heterocycles. The van der Waals surface area contributed by atoms with Gasteiger partial charge in [-0.05, 0) is 56.9 Å². The fourth-order valence-electron chi connectivity index (χ4n) is 3.56. The minimum atomic E-state index is -0.168. The number of imidazole rings is 1. The van der Waals surface area contributed by atoms with Crippen molar-refractivity contribution in [3.05, 3.63) is 35.5 Å². The predicted molar refractivity (Wildman–Crippen MR) is 102 cm³/mol.